The van der Waals surface area contributed by atoms with Gasteiger partial charge in [-0.25, -0.2) is 13.9 Å². The molecule has 1 saturated carbocycles. The van der Waals surface area contributed by atoms with E-state index in [1.54, 1.807) is 48.2 Å². The molecule has 1 unspecified atom stereocenters. The topological polar surface area (TPSA) is 87.5 Å². The highest BCUT2D eigenvalue weighted by molar-refractivity contribution is 7.98. The summed E-state index contributed by atoms with van der Waals surface area (Å²) in [5.41, 5.74) is 3.10. The molecule has 1 aliphatic heterocycles. The number of ether oxygens (including phenoxy) is 3. The quantitative estimate of drug-likeness (QED) is 0.131. The largest absolute Gasteiger partial charge is 0.493 e. The van der Waals surface area contributed by atoms with Crippen molar-refractivity contribution in [3.05, 3.63) is 104 Å². The van der Waals surface area contributed by atoms with Gasteiger partial charge in [-0.15, -0.1) is 5.10 Å². The van der Waals surface area contributed by atoms with Crippen LogP contribution in [0.3, 0.4) is 0 Å². The highest BCUT2D eigenvalue weighted by Gasteiger charge is 2.37. The number of benzene rings is 3. The molecule has 1 aliphatic carbocycles. The number of nitrogens with one attached hydrogen (secondary N) is 1. The molecule has 1 aromatic heterocycles. The summed E-state index contributed by atoms with van der Waals surface area (Å²) in [6.45, 7) is 2.03. The number of anilines is 1. The molecule has 3 aromatic carbocycles. The Kier molecular flexibility index (Phi) is 10.1. The molecule has 0 saturated heterocycles. The molecular formula is C34H33Cl2FN4O4S. The number of allylic oxidation sites excluding steroid dienone is 1. The first-order valence-electron chi connectivity index (χ1n) is 15.1. The molecule has 1 N–H and O–H groups in total. The lowest BCUT2D eigenvalue weighted by atomic mass is 9.94. The minimum Gasteiger partial charge on any atom is -0.493 e. The maximum atomic E-state index is 14.3. The number of hydrogen-bond donors (Lipinski definition) is 1. The molecule has 0 spiro atoms. The molecule has 4 aromatic rings. The Morgan fingerprint density at radius 2 is 1.85 bits per heavy atom. The number of halogens is 3. The predicted molar refractivity (Wildman–Crippen MR) is 177 cm³/mol. The van der Waals surface area contributed by atoms with Crippen molar-refractivity contribution in [1.29, 1.82) is 0 Å². The van der Waals surface area contributed by atoms with E-state index < -0.39 is 12.0 Å². The van der Waals surface area contributed by atoms with Gasteiger partial charge in [0, 0.05) is 27.1 Å². The molecule has 2 aliphatic rings. The molecule has 240 valence electrons. The van der Waals surface area contributed by atoms with E-state index in [4.69, 9.17) is 42.5 Å². The molecule has 6 rings (SSSR count). The Bertz CT molecular complexity index is 1780. The molecule has 46 heavy (non-hydrogen) atoms. The summed E-state index contributed by atoms with van der Waals surface area (Å²) in [5, 5.41) is 9.52. The van der Waals surface area contributed by atoms with E-state index in [-0.39, 0.29) is 18.5 Å². The van der Waals surface area contributed by atoms with E-state index >= 15 is 0 Å². The average molecular weight is 684 g/mol. The van der Waals surface area contributed by atoms with Gasteiger partial charge in [0.25, 0.3) is 0 Å². The van der Waals surface area contributed by atoms with Crippen molar-refractivity contribution < 1.29 is 23.4 Å². The van der Waals surface area contributed by atoms with Crippen molar-refractivity contribution in [1.82, 2.24) is 14.8 Å². The highest BCUT2D eigenvalue weighted by atomic mass is 35.5. The van der Waals surface area contributed by atoms with Crippen LogP contribution in [0.25, 0.3) is 0 Å². The highest BCUT2D eigenvalue weighted by Crippen LogP contribution is 2.41. The van der Waals surface area contributed by atoms with Gasteiger partial charge in [-0.2, -0.15) is 4.98 Å². The maximum Gasteiger partial charge on any atom is 0.338 e. The zero-order valence-corrected chi connectivity index (χ0v) is 27.7. The molecule has 2 heterocycles. The first-order chi connectivity index (χ1) is 22.3. The first kappa shape index (κ1) is 32.2. The molecule has 0 amide bonds. The normalized spacial score (nSPS) is 16.5. The second-order valence-electron chi connectivity index (χ2n) is 11.2. The van der Waals surface area contributed by atoms with Gasteiger partial charge in [0.05, 0.1) is 12.7 Å². The lowest BCUT2D eigenvalue weighted by Gasteiger charge is -2.30. The fourth-order valence-electron chi connectivity index (χ4n) is 5.69. The molecule has 0 radical (unpaired) electrons. The van der Waals surface area contributed by atoms with Crippen molar-refractivity contribution in [2.24, 2.45) is 0 Å². The van der Waals surface area contributed by atoms with Crippen LogP contribution in [0.15, 0.2) is 77.1 Å². The zero-order valence-electron chi connectivity index (χ0n) is 25.4. The van der Waals surface area contributed by atoms with E-state index in [0.717, 1.165) is 43.2 Å². The van der Waals surface area contributed by atoms with E-state index in [2.05, 4.69) is 10.3 Å². The summed E-state index contributed by atoms with van der Waals surface area (Å²) in [6, 6.07) is 16.7. The summed E-state index contributed by atoms with van der Waals surface area (Å²) in [6.07, 6.45) is 4.78. The van der Waals surface area contributed by atoms with Crippen LogP contribution in [-0.2, 0) is 21.9 Å². The Morgan fingerprint density at radius 3 is 2.61 bits per heavy atom. The Hall–Kier alpha value is -3.73. The molecule has 1 fully saturated rings. The van der Waals surface area contributed by atoms with Crippen molar-refractivity contribution in [2.45, 2.75) is 68.7 Å². The molecule has 8 nitrogen and oxygen atoms in total. The van der Waals surface area contributed by atoms with Crippen LogP contribution in [0.4, 0.5) is 10.3 Å². The minimum atomic E-state index is -0.670. The molecule has 12 heteroatoms. The van der Waals surface area contributed by atoms with Gasteiger partial charge >= 0.3 is 5.97 Å². The zero-order chi connectivity index (χ0) is 32.2. The number of hydrogen-bond acceptors (Lipinski definition) is 8. The monoisotopic (exact) mass is 682 g/mol. The van der Waals surface area contributed by atoms with Crippen LogP contribution in [-0.4, -0.2) is 33.9 Å². The van der Waals surface area contributed by atoms with Gasteiger partial charge in [0.15, 0.2) is 11.5 Å². The fourth-order valence-corrected chi connectivity index (χ4v) is 6.97. The summed E-state index contributed by atoms with van der Waals surface area (Å²) < 4.78 is 33.9. The van der Waals surface area contributed by atoms with E-state index in [9.17, 15) is 9.18 Å². The van der Waals surface area contributed by atoms with Crippen molar-refractivity contribution in [3.63, 3.8) is 0 Å². The van der Waals surface area contributed by atoms with Crippen LogP contribution >= 0.6 is 35.0 Å². The maximum absolute atomic E-state index is 14.3. The van der Waals surface area contributed by atoms with Crippen molar-refractivity contribution >= 4 is 46.9 Å². The number of aromatic nitrogens is 3. The summed E-state index contributed by atoms with van der Waals surface area (Å²) in [7, 11) is 1.56. The number of carbonyl (C=O) groups excluding carboxylic acids is 1. The molecule has 0 bridgehead atoms. The van der Waals surface area contributed by atoms with Gasteiger partial charge in [0.2, 0.25) is 11.1 Å². The van der Waals surface area contributed by atoms with Crippen molar-refractivity contribution in [2.75, 3.05) is 12.4 Å². The third-order valence-electron chi connectivity index (χ3n) is 8.10. The SMILES string of the molecule is COc1cc(C2C(C(=O)OC3CCCCC3)=C(C)Nc3nc(SCc4ccccc4F)nn32)ccc1OCc1ccc(Cl)cc1Cl. The minimum absolute atomic E-state index is 0.128. The number of methoxy groups -OCH3 is 1. The van der Waals surface area contributed by atoms with Crippen LogP contribution in [0.2, 0.25) is 10.0 Å². The third-order valence-corrected chi connectivity index (χ3v) is 9.57. The number of esters is 1. The number of thioether (sulfide) groups is 1. The van der Waals surface area contributed by atoms with E-state index in [0.29, 0.717) is 55.2 Å². The smallest absolute Gasteiger partial charge is 0.338 e. The fraction of sp³-hybridized carbons (Fsp3) is 0.324. The van der Waals surface area contributed by atoms with Crippen LogP contribution in [0.5, 0.6) is 11.5 Å². The van der Waals surface area contributed by atoms with Crippen LogP contribution in [0, 0.1) is 5.82 Å². The summed E-state index contributed by atoms with van der Waals surface area (Å²) >= 11 is 13.7. The van der Waals surface area contributed by atoms with Crippen LogP contribution < -0.4 is 14.8 Å². The summed E-state index contributed by atoms with van der Waals surface area (Å²) in [4.78, 5) is 18.5. The lowest BCUT2D eigenvalue weighted by molar-refractivity contribution is -0.146. The molecular weight excluding hydrogens is 650 g/mol. The summed E-state index contributed by atoms with van der Waals surface area (Å²) in [5.74, 6) is 1.09. The van der Waals surface area contributed by atoms with Gasteiger partial charge in [-0.05, 0) is 74.1 Å². The number of carbonyl (C=O) groups is 1. The Balaban J connectivity index is 1.32. The second-order valence-corrected chi connectivity index (χ2v) is 13.0. The first-order valence-corrected chi connectivity index (χ1v) is 16.8. The Morgan fingerprint density at radius 1 is 1.04 bits per heavy atom. The third kappa shape index (κ3) is 7.14. The van der Waals surface area contributed by atoms with Gasteiger partial charge in [0.1, 0.15) is 24.6 Å². The Labute approximate surface area is 281 Å². The standard InChI is InChI=1S/C34H33Cl2FN4O4S/c1-20-30(32(42)45-25-9-4-3-5-10-25)31(41-33(38-20)39-34(40-41)46-19-23-8-6-7-11-27(23)37)21-13-15-28(29(16-21)43-2)44-18-22-12-14-24(35)17-26(22)36/h6-8,11-17,25,31H,3-5,9-10,18-19H2,1-2H3,(H,38,39,40). The number of nitrogens with zero attached hydrogens (tertiary/aromatic N) is 3. The van der Waals surface area contributed by atoms with Gasteiger partial charge in [-0.3, -0.25) is 0 Å². The lowest BCUT2D eigenvalue weighted by Crippen LogP contribution is -2.32. The second kappa shape index (κ2) is 14.4. The predicted octanol–water partition coefficient (Wildman–Crippen LogP) is 8.77. The van der Waals surface area contributed by atoms with E-state index in [1.807, 2.05) is 25.1 Å². The van der Waals surface area contributed by atoms with E-state index in [1.165, 1.54) is 17.8 Å². The number of fused-ring (bicyclic) bond motifs is 1. The van der Waals surface area contributed by atoms with Gasteiger partial charge < -0.3 is 19.5 Å². The average Bonchev–Trinajstić information content (AvgIpc) is 3.46. The number of rotatable bonds is 10. The van der Waals surface area contributed by atoms with Crippen LogP contribution in [0.1, 0.15) is 61.8 Å². The molecule has 1 atom stereocenters. The van der Waals surface area contributed by atoms with Gasteiger partial charge in [-0.1, -0.05) is 71.7 Å². The van der Waals surface area contributed by atoms with Crippen molar-refractivity contribution in [3.8, 4) is 11.5 Å².